The predicted molar refractivity (Wildman–Crippen MR) is 213 cm³/mol. The Morgan fingerprint density at radius 1 is 0.569 bits per heavy atom. The topological polar surface area (TPSA) is 113 Å². The first kappa shape index (κ1) is 49.0. The number of hydrogen-bond donors (Lipinski definition) is 3. The molecule has 7 heteroatoms. The zero-order valence-electron chi connectivity index (χ0n) is 33.3. The van der Waals surface area contributed by atoms with Gasteiger partial charge in [0.2, 0.25) is 0 Å². The van der Waals surface area contributed by atoms with Gasteiger partial charge in [-0.15, -0.1) is 0 Å². The van der Waals surface area contributed by atoms with Crippen molar-refractivity contribution in [3.63, 3.8) is 0 Å². The quantitative estimate of drug-likeness (QED) is 0.0332. The Bertz CT molecular complexity index is 866. The van der Waals surface area contributed by atoms with Crippen LogP contribution >= 0.6 is 0 Å². The molecule has 0 aliphatic heterocycles. The van der Waals surface area contributed by atoms with Crippen LogP contribution in [0.1, 0.15) is 194 Å². The van der Waals surface area contributed by atoms with Gasteiger partial charge in [0.25, 0.3) is 0 Å². The summed E-state index contributed by atoms with van der Waals surface area (Å²) in [5.41, 5.74) is 0. The molecule has 0 spiro atoms. The fourth-order valence-corrected chi connectivity index (χ4v) is 5.96. The summed E-state index contributed by atoms with van der Waals surface area (Å²) < 4.78 is 10.5. The van der Waals surface area contributed by atoms with E-state index >= 15 is 0 Å². The first-order chi connectivity index (χ1) is 24.8. The van der Waals surface area contributed by atoms with Crippen LogP contribution in [0.4, 0.5) is 0 Å². The summed E-state index contributed by atoms with van der Waals surface area (Å²) in [6.45, 7) is 6.22. The van der Waals surface area contributed by atoms with E-state index in [1.54, 1.807) is 0 Å². The fourth-order valence-electron chi connectivity index (χ4n) is 5.96. The van der Waals surface area contributed by atoms with Gasteiger partial charge in [0.1, 0.15) is 6.61 Å². The number of esters is 2. The fraction of sp³-hybridized carbons (Fsp3) is 0.818. The van der Waals surface area contributed by atoms with Crippen LogP contribution in [0.2, 0.25) is 0 Å². The van der Waals surface area contributed by atoms with E-state index in [2.05, 4.69) is 45.1 Å². The highest BCUT2D eigenvalue weighted by atomic mass is 16.6. The summed E-state index contributed by atoms with van der Waals surface area (Å²) in [5.74, 6) is -0.0290. The molecule has 0 aliphatic carbocycles. The van der Waals surface area contributed by atoms with Crippen LogP contribution in [-0.4, -0.2) is 58.8 Å². The Kier molecular flexibility index (Phi) is 36.3. The average molecular weight is 721 g/mol. The summed E-state index contributed by atoms with van der Waals surface area (Å²) in [7, 11) is 0. The summed E-state index contributed by atoms with van der Waals surface area (Å²) in [5, 5.41) is 30.0. The molecule has 0 aromatic heterocycles. The van der Waals surface area contributed by atoms with E-state index in [1.807, 2.05) is 12.2 Å². The van der Waals surface area contributed by atoms with Gasteiger partial charge in [-0.3, -0.25) is 9.59 Å². The maximum Gasteiger partial charge on any atom is 0.306 e. The van der Waals surface area contributed by atoms with Gasteiger partial charge in [0.15, 0.2) is 6.10 Å². The maximum absolute atomic E-state index is 12.2. The molecular weight excluding hydrogens is 640 g/mol. The molecule has 0 heterocycles. The standard InChI is InChI=1S/C44H80O7/c1-4-5-6-7-8-9-10-17-20-23-26-29-33-41(46)42(47)34-31-36-43(48)50-38-40(37-45)51-44(49)35-30-27-24-21-18-15-13-11-12-14-16-19-22-25-28-32-39(2)3/h8-9,17,20,26,29,39-42,45-47H,4-7,10-16,18-19,21-25,27-28,30-38H2,1-3H3/b9-8-,20-17-,29-26-/t40-,41?,42?/m0/s1. The molecule has 0 rings (SSSR count). The third kappa shape index (κ3) is 36.2. The van der Waals surface area contributed by atoms with Crippen molar-refractivity contribution in [1.82, 2.24) is 0 Å². The van der Waals surface area contributed by atoms with Gasteiger partial charge >= 0.3 is 11.9 Å². The van der Waals surface area contributed by atoms with Crippen molar-refractivity contribution in [2.45, 2.75) is 212 Å². The number of ether oxygens (including phenoxy) is 2. The van der Waals surface area contributed by atoms with Crippen molar-refractivity contribution in [2.75, 3.05) is 13.2 Å². The summed E-state index contributed by atoms with van der Waals surface area (Å²) in [6.07, 6.45) is 38.1. The molecule has 7 nitrogen and oxygen atoms in total. The van der Waals surface area contributed by atoms with E-state index in [9.17, 15) is 24.9 Å². The highest BCUT2D eigenvalue weighted by Gasteiger charge is 2.18. The lowest BCUT2D eigenvalue weighted by Gasteiger charge is -2.17. The lowest BCUT2D eigenvalue weighted by molar-refractivity contribution is -0.161. The average Bonchev–Trinajstić information content (AvgIpc) is 3.11. The smallest absolute Gasteiger partial charge is 0.306 e. The molecule has 0 aromatic carbocycles. The summed E-state index contributed by atoms with van der Waals surface area (Å²) >= 11 is 0. The van der Waals surface area contributed by atoms with Crippen LogP contribution in [-0.2, 0) is 19.1 Å². The van der Waals surface area contributed by atoms with Crippen LogP contribution in [0.15, 0.2) is 36.5 Å². The van der Waals surface area contributed by atoms with Crippen molar-refractivity contribution in [1.29, 1.82) is 0 Å². The summed E-state index contributed by atoms with van der Waals surface area (Å²) in [4.78, 5) is 24.3. The van der Waals surface area contributed by atoms with Gasteiger partial charge in [-0.1, -0.05) is 166 Å². The second-order valence-electron chi connectivity index (χ2n) is 14.9. The summed E-state index contributed by atoms with van der Waals surface area (Å²) in [6, 6.07) is 0. The lowest BCUT2D eigenvalue weighted by atomic mass is 10.0. The van der Waals surface area contributed by atoms with Gasteiger partial charge < -0.3 is 24.8 Å². The first-order valence-electron chi connectivity index (χ1n) is 21.1. The molecule has 0 aromatic rings. The molecule has 2 unspecified atom stereocenters. The highest BCUT2D eigenvalue weighted by molar-refractivity contribution is 5.70. The van der Waals surface area contributed by atoms with E-state index in [4.69, 9.17) is 9.47 Å². The number of unbranched alkanes of at least 4 members (excludes halogenated alkanes) is 17. The first-order valence-corrected chi connectivity index (χ1v) is 21.1. The second kappa shape index (κ2) is 37.8. The number of rotatable bonds is 37. The van der Waals surface area contributed by atoms with Gasteiger partial charge in [0.05, 0.1) is 18.8 Å². The number of aliphatic hydroxyl groups excluding tert-OH is 3. The predicted octanol–water partition coefficient (Wildman–Crippen LogP) is 11.0. The van der Waals surface area contributed by atoms with E-state index in [0.29, 0.717) is 19.3 Å². The highest BCUT2D eigenvalue weighted by Crippen LogP contribution is 2.16. The number of hydrogen-bond acceptors (Lipinski definition) is 7. The van der Waals surface area contributed by atoms with Crippen molar-refractivity contribution in [3.05, 3.63) is 36.5 Å². The Hall–Kier alpha value is -1.96. The largest absolute Gasteiger partial charge is 0.462 e. The van der Waals surface area contributed by atoms with Crippen LogP contribution in [0.3, 0.4) is 0 Å². The Morgan fingerprint density at radius 2 is 1.08 bits per heavy atom. The molecule has 0 fully saturated rings. The molecule has 51 heavy (non-hydrogen) atoms. The number of allylic oxidation sites excluding steroid dienone is 5. The Morgan fingerprint density at radius 3 is 1.63 bits per heavy atom. The molecule has 0 saturated carbocycles. The van der Waals surface area contributed by atoms with E-state index in [0.717, 1.165) is 44.4 Å². The normalized spacial score (nSPS) is 13.9. The van der Waals surface area contributed by atoms with Crippen molar-refractivity contribution in [2.24, 2.45) is 5.92 Å². The molecule has 0 radical (unpaired) electrons. The van der Waals surface area contributed by atoms with Crippen LogP contribution in [0.5, 0.6) is 0 Å². The third-order valence-corrected chi connectivity index (χ3v) is 9.32. The SMILES string of the molecule is CCCCC/C=C\C/C=C\C/C=C\CC(O)C(O)CCCC(=O)OC[C@H](CO)OC(=O)CCCCCCCCCCCCCCCCCC(C)C. The van der Waals surface area contributed by atoms with E-state index in [-0.39, 0.29) is 25.4 Å². The second-order valence-corrected chi connectivity index (χ2v) is 14.9. The zero-order valence-corrected chi connectivity index (χ0v) is 33.3. The minimum Gasteiger partial charge on any atom is -0.462 e. The monoisotopic (exact) mass is 721 g/mol. The lowest BCUT2D eigenvalue weighted by Crippen LogP contribution is -2.28. The van der Waals surface area contributed by atoms with E-state index in [1.165, 1.54) is 103 Å². The number of aliphatic hydroxyl groups is 3. The van der Waals surface area contributed by atoms with Crippen LogP contribution in [0, 0.1) is 5.92 Å². The van der Waals surface area contributed by atoms with Crippen molar-refractivity contribution in [3.8, 4) is 0 Å². The molecule has 0 amide bonds. The molecule has 0 saturated heterocycles. The molecule has 3 N–H and O–H groups in total. The van der Waals surface area contributed by atoms with Crippen molar-refractivity contribution < 1.29 is 34.4 Å². The third-order valence-electron chi connectivity index (χ3n) is 9.32. The van der Waals surface area contributed by atoms with Gasteiger partial charge in [-0.2, -0.15) is 0 Å². The maximum atomic E-state index is 12.2. The molecular formula is C44H80O7. The molecule has 298 valence electrons. The molecule has 3 atom stereocenters. The van der Waals surface area contributed by atoms with Gasteiger partial charge in [0, 0.05) is 12.8 Å². The molecule has 0 bridgehead atoms. The zero-order chi connectivity index (χ0) is 37.6. The molecule has 0 aliphatic rings. The van der Waals surface area contributed by atoms with Crippen molar-refractivity contribution >= 4 is 11.9 Å². The van der Waals surface area contributed by atoms with E-state index < -0.39 is 30.9 Å². The van der Waals surface area contributed by atoms with Gasteiger partial charge in [-0.05, 0) is 57.3 Å². The van der Waals surface area contributed by atoms with Gasteiger partial charge in [-0.25, -0.2) is 0 Å². The van der Waals surface area contributed by atoms with Crippen LogP contribution < -0.4 is 0 Å². The Labute approximate surface area is 313 Å². The minimum absolute atomic E-state index is 0.0718. The number of carbonyl (C=O) groups excluding carboxylic acids is 2. The minimum atomic E-state index is -0.930. The number of carbonyl (C=O) groups is 2. The Balaban J connectivity index is 3.76. The van der Waals surface area contributed by atoms with Crippen LogP contribution in [0.25, 0.3) is 0 Å².